The van der Waals surface area contributed by atoms with E-state index in [0.29, 0.717) is 48.5 Å². The van der Waals surface area contributed by atoms with Crippen molar-refractivity contribution in [3.8, 4) is 22.5 Å². The van der Waals surface area contributed by atoms with Gasteiger partial charge in [-0.3, -0.25) is 29.0 Å². The highest BCUT2D eigenvalue weighted by atomic mass is 35.5. The van der Waals surface area contributed by atoms with E-state index in [1.165, 1.54) is 4.90 Å². The van der Waals surface area contributed by atoms with Crippen molar-refractivity contribution in [2.75, 3.05) is 11.4 Å². The van der Waals surface area contributed by atoms with Gasteiger partial charge in [-0.05, 0) is 93.8 Å². The Morgan fingerprint density at radius 2 is 1.81 bits per heavy atom. The van der Waals surface area contributed by atoms with Crippen LogP contribution in [0.4, 0.5) is 10.5 Å². The van der Waals surface area contributed by atoms with Crippen molar-refractivity contribution in [1.82, 2.24) is 20.4 Å². The monoisotopic (exact) mass is 674 g/mol. The summed E-state index contributed by atoms with van der Waals surface area (Å²) in [5, 5.41) is 7.11. The molecular formula is C35H39ClN6O6. The minimum Gasteiger partial charge on any atom is -0.444 e. The second-order valence-corrected chi connectivity index (χ2v) is 13.4. The molecule has 0 aliphatic heterocycles. The number of carbonyl (C=O) groups is 3. The zero-order valence-corrected chi connectivity index (χ0v) is 27.8. The van der Waals surface area contributed by atoms with Gasteiger partial charge in [0, 0.05) is 48.1 Å². The number of nitrogens with one attached hydrogen (secondary N) is 2. The number of primary amides is 1. The number of carbonyl (C=O) groups excluding carboxylic acids is 3. The summed E-state index contributed by atoms with van der Waals surface area (Å²) >= 11 is 6.43. The first-order valence-corrected chi connectivity index (χ1v) is 16.2. The van der Waals surface area contributed by atoms with Crippen LogP contribution in [0.3, 0.4) is 0 Å². The molecule has 0 spiro atoms. The SMILES string of the molecule is CC(C)(C)OC(=O)NC[C@H]1CC[C@H](C(=O)N(c2ccc(-c3noc(=O)[nH]3)cc2)[C@@H](Cc2cccc(-c3cnccc3Cl)c2)C(N)=O)CC1. The van der Waals surface area contributed by atoms with Crippen molar-refractivity contribution >= 4 is 35.2 Å². The summed E-state index contributed by atoms with van der Waals surface area (Å²) in [6.07, 6.45) is 5.56. The second-order valence-electron chi connectivity index (χ2n) is 13.0. The Hall–Kier alpha value is -4.97. The maximum absolute atomic E-state index is 14.4. The van der Waals surface area contributed by atoms with Crippen molar-refractivity contribution in [2.45, 2.75) is 64.5 Å². The number of aromatic amines is 1. The van der Waals surface area contributed by atoms with Crippen molar-refractivity contribution < 1.29 is 23.6 Å². The lowest BCUT2D eigenvalue weighted by molar-refractivity contribution is -0.127. The molecule has 0 bridgehead atoms. The van der Waals surface area contributed by atoms with Gasteiger partial charge in [-0.15, -0.1) is 0 Å². The van der Waals surface area contributed by atoms with Gasteiger partial charge in [0.15, 0.2) is 5.82 Å². The van der Waals surface area contributed by atoms with Gasteiger partial charge < -0.3 is 15.8 Å². The number of amides is 3. The largest absolute Gasteiger partial charge is 0.444 e. The number of H-pyrrole nitrogens is 1. The summed E-state index contributed by atoms with van der Waals surface area (Å²) in [4.78, 5) is 59.4. The van der Waals surface area contributed by atoms with Crippen LogP contribution in [0.15, 0.2) is 76.3 Å². The van der Waals surface area contributed by atoms with Crippen LogP contribution in [0.25, 0.3) is 22.5 Å². The summed E-state index contributed by atoms with van der Waals surface area (Å²) in [6.45, 7) is 5.88. The molecule has 1 aliphatic carbocycles. The number of hydrogen-bond acceptors (Lipinski definition) is 8. The lowest BCUT2D eigenvalue weighted by atomic mass is 9.81. The lowest BCUT2D eigenvalue weighted by Gasteiger charge is -2.36. The average Bonchev–Trinajstić information content (AvgIpc) is 3.49. The van der Waals surface area contributed by atoms with Gasteiger partial charge in [-0.2, -0.15) is 0 Å². The minimum absolute atomic E-state index is 0.153. The fraction of sp³-hybridized carbons (Fsp3) is 0.371. The second kappa shape index (κ2) is 14.8. The summed E-state index contributed by atoms with van der Waals surface area (Å²) in [5.41, 5.74) is 8.82. The number of nitrogens with zero attached hydrogens (tertiary/aromatic N) is 3. The molecule has 12 nitrogen and oxygen atoms in total. The van der Waals surface area contributed by atoms with Crippen molar-refractivity contribution in [3.63, 3.8) is 0 Å². The number of aromatic nitrogens is 3. The number of anilines is 1. The number of hydrogen-bond donors (Lipinski definition) is 3. The van der Waals surface area contributed by atoms with Gasteiger partial charge in [0.25, 0.3) is 0 Å². The third kappa shape index (κ3) is 8.68. The van der Waals surface area contributed by atoms with Gasteiger partial charge in [0.2, 0.25) is 11.8 Å². The zero-order valence-electron chi connectivity index (χ0n) is 27.1. The molecule has 1 aliphatic rings. The molecule has 1 fully saturated rings. The first kappa shape index (κ1) is 34.4. The topological polar surface area (TPSA) is 174 Å². The standard InChI is InChI=1S/C35H39ClN6O6/c1-35(2,3)47-33(45)39-19-21-7-9-24(10-8-21)32(44)42(26-13-11-23(12-14-26)31-40-34(46)48-41-31)29(30(37)43)18-22-5-4-6-25(17-22)27-20-38-16-15-28(27)36/h4-6,11-17,20-21,24,29H,7-10,18-19H2,1-3H3,(H2,37,43)(H,39,45)(H,40,41,46)/t21-,24-,29-/m0/s1. The average molecular weight is 675 g/mol. The highest BCUT2D eigenvalue weighted by Gasteiger charge is 2.36. The fourth-order valence-corrected chi connectivity index (χ4v) is 6.16. The van der Waals surface area contributed by atoms with E-state index >= 15 is 0 Å². The minimum atomic E-state index is -1.01. The highest BCUT2D eigenvalue weighted by Crippen LogP contribution is 2.34. The molecule has 5 rings (SSSR count). The Morgan fingerprint density at radius 1 is 1.08 bits per heavy atom. The highest BCUT2D eigenvalue weighted by molar-refractivity contribution is 6.33. The quantitative estimate of drug-likeness (QED) is 0.198. The van der Waals surface area contributed by atoms with Gasteiger partial charge >= 0.3 is 11.8 Å². The van der Waals surface area contributed by atoms with E-state index in [4.69, 9.17) is 22.1 Å². The van der Waals surface area contributed by atoms with Crippen molar-refractivity contribution in [2.24, 2.45) is 17.6 Å². The molecule has 4 aromatic rings. The zero-order chi connectivity index (χ0) is 34.4. The molecule has 3 amide bonds. The Labute approximate surface area is 283 Å². The Morgan fingerprint density at radius 3 is 2.44 bits per heavy atom. The maximum atomic E-state index is 14.4. The van der Waals surface area contributed by atoms with E-state index in [9.17, 15) is 19.2 Å². The van der Waals surface area contributed by atoms with E-state index in [1.54, 1.807) is 42.7 Å². The van der Waals surface area contributed by atoms with Crippen LogP contribution in [0.1, 0.15) is 52.0 Å². The van der Waals surface area contributed by atoms with E-state index in [2.05, 4.69) is 25.0 Å². The first-order valence-electron chi connectivity index (χ1n) is 15.8. The molecule has 0 saturated heterocycles. The van der Waals surface area contributed by atoms with Gasteiger partial charge in [-0.25, -0.2) is 9.59 Å². The predicted molar refractivity (Wildman–Crippen MR) is 181 cm³/mol. The fourth-order valence-electron chi connectivity index (χ4n) is 5.95. The summed E-state index contributed by atoms with van der Waals surface area (Å²) in [5.74, 6) is -1.50. The van der Waals surface area contributed by atoms with Gasteiger partial charge in [-0.1, -0.05) is 41.0 Å². The normalized spacial score (nSPS) is 16.9. The van der Waals surface area contributed by atoms with E-state index < -0.39 is 29.4 Å². The number of alkyl carbamates (subject to hydrolysis) is 1. The van der Waals surface area contributed by atoms with E-state index in [1.807, 2.05) is 45.0 Å². The van der Waals surface area contributed by atoms with Crippen LogP contribution in [-0.4, -0.2) is 51.2 Å². The molecule has 1 saturated carbocycles. The van der Waals surface area contributed by atoms with Crippen LogP contribution in [0.5, 0.6) is 0 Å². The van der Waals surface area contributed by atoms with E-state index in [-0.39, 0.29) is 30.0 Å². The molecule has 4 N–H and O–H groups in total. The van der Waals surface area contributed by atoms with Crippen LogP contribution < -0.4 is 21.7 Å². The molecule has 2 heterocycles. The van der Waals surface area contributed by atoms with Crippen LogP contribution in [0, 0.1) is 11.8 Å². The number of ether oxygens (including phenoxy) is 1. The number of halogens is 1. The predicted octanol–water partition coefficient (Wildman–Crippen LogP) is 5.51. The smallest absolute Gasteiger partial charge is 0.439 e. The summed E-state index contributed by atoms with van der Waals surface area (Å²) < 4.78 is 9.98. The Kier molecular flexibility index (Phi) is 10.6. The molecular weight excluding hydrogens is 636 g/mol. The number of benzene rings is 2. The molecule has 13 heteroatoms. The Bertz CT molecular complexity index is 1810. The number of nitrogens with two attached hydrogens (primary N) is 1. The number of pyridine rings is 1. The summed E-state index contributed by atoms with van der Waals surface area (Å²) in [7, 11) is 0. The van der Waals surface area contributed by atoms with Gasteiger partial charge in [0.05, 0.1) is 5.02 Å². The van der Waals surface area contributed by atoms with Crippen molar-refractivity contribution in [1.29, 1.82) is 0 Å². The van der Waals surface area contributed by atoms with Crippen molar-refractivity contribution in [3.05, 3.63) is 88.1 Å². The Balaban J connectivity index is 1.39. The molecule has 48 heavy (non-hydrogen) atoms. The third-order valence-corrected chi connectivity index (χ3v) is 8.63. The summed E-state index contributed by atoms with van der Waals surface area (Å²) in [6, 6.07) is 15.0. The third-order valence-electron chi connectivity index (χ3n) is 8.30. The molecule has 2 aromatic carbocycles. The molecule has 1 atom stereocenters. The molecule has 0 unspecified atom stereocenters. The van der Waals surface area contributed by atoms with Crippen LogP contribution >= 0.6 is 11.6 Å². The van der Waals surface area contributed by atoms with Crippen LogP contribution in [-0.2, 0) is 20.7 Å². The first-order chi connectivity index (χ1) is 22.9. The van der Waals surface area contributed by atoms with Gasteiger partial charge in [0.1, 0.15) is 11.6 Å². The maximum Gasteiger partial charge on any atom is 0.439 e. The molecule has 252 valence electrons. The van der Waals surface area contributed by atoms with E-state index in [0.717, 1.165) is 16.7 Å². The van der Waals surface area contributed by atoms with Crippen LogP contribution in [0.2, 0.25) is 5.02 Å². The lowest BCUT2D eigenvalue weighted by Crippen LogP contribution is -2.52. The molecule has 0 radical (unpaired) electrons. The number of rotatable bonds is 10. The molecule has 2 aromatic heterocycles.